The number of carbonyl (C=O) groups is 1. The highest BCUT2D eigenvalue weighted by Crippen LogP contribution is 2.15. The first-order chi connectivity index (χ1) is 20.2. The average Bonchev–Trinajstić information content (AvgIpc) is 2.97. The fourth-order valence-electron chi connectivity index (χ4n) is 5.61. The second kappa shape index (κ2) is 35.1. The summed E-state index contributed by atoms with van der Waals surface area (Å²) < 4.78 is 0. The van der Waals surface area contributed by atoms with Gasteiger partial charge in [-0.3, -0.25) is 4.79 Å². The van der Waals surface area contributed by atoms with Crippen molar-refractivity contribution in [2.75, 3.05) is 6.54 Å². The Morgan fingerprint density at radius 1 is 0.488 bits per heavy atom. The molecule has 242 valence electrons. The van der Waals surface area contributed by atoms with E-state index in [0.29, 0.717) is 6.42 Å². The SMILES string of the molecule is CCCCCCCCC=CCCCCCCCC(=O)NCCC(C)CCCCCCCC=CCCCCCCCC. The molecule has 0 aromatic carbocycles. The number of allylic oxidation sites excluding steroid dienone is 4. The molecule has 0 fully saturated rings. The van der Waals surface area contributed by atoms with Crippen molar-refractivity contribution < 1.29 is 4.79 Å². The standard InChI is InChI=1S/C39H75NO/c1-4-6-8-10-12-14-16-18-20-22-24-26-28-30-32-34-38(3)36-37-40-39(41)35-33-31-29-27-25-23-21-19-17-15-13-11-9-7-5-2/h18-21,38H,4-17,22-37H2,1-3H3,(H,40,41). The van der Waals surface area contributed by atoms with E-state index in [1.165, 1.54) is 167 Å². The third-order valence-electron chi connectivity index (χ3n) is 8.58. The lowest BCUT2D eigenvalue weighted by atomic mass is 9.99. The van der Waals surface area contributed by atoms with E-state index in [9.17, 15) is 4.79 Å². The fraction of sp³-hybridized carbons (Fsp3) is 0.872. The van der Waals surface area contributed by atoms with Crippen molar-refractivity contribution in [2.24, 2.45) is 5.92 Å². The number of hydrogen-bond donors (Lipinski definition) is 1. The molecule has 1 unspecified atom stereocenters. The molecule has 41 heavy (non-hydrogen) atoms. The van der Waals surface area contributed by atoms with Crippen LogP contribution < -0.4 is 5.32 Å². The number of unbranched alkanes of at least 4 members (excludes halogenated alkanes) is 22. The zero-order valence-corrected chi connectivity index (χ0v) is 28.5. The molecule has 0 aromatic rings. The smallest absolute Gasteiger partial charge is 0.219 e. The predicted molar refractivity (Wildman–Crippen MR) is 186 cm³/mol. The van der Waals surface area contributed by atoms with Crippen LogP contribution in [0.4, 0.5) is 0 Å². The highest BCUT2D eigenvalue weighted by molar-refractivity contribution is 5.75. The zero-order chi connectivity index (χ0) is 29.9. The number of amides is 1. The van der Waals surface area contributed by atoms with E-state index in [1.807, 2.05) is 0 Å². The van der Waals surface area contributed by atoms with Crippen molar-refractivity contribution in [3.05, 3.63) is 24.3 Å². The van der Waals surface area contributed by atoms with Crippen molar-refractivity contribution in [3.63, 3.8) is 0 Å². The normalized spacial score (nSPS) is 12.6. The molecular weight excluding hydrogens is 498 g/mol. The van der Waals surface area contributed by atoms with Gasteiger partial charge in [-0.05, 0) is 70.1 Å². The second-order valence-corrected chi connectivity index (χ2v) is 13.0. The quantitative estimate of drug-likeness (QED) is 0.0614. The largest absolute Gasteiger partial charge is 0.356 e. The van der Waals surface area contributed by atoms with E-state index in [2.05, 4.69) is 50.4 Å². The summed E-state index contributed by atoms with van der Waals surface area (Å²) in [5, 5.41) is 3.16. The van der Waals surface area contributed by atoms with Gasteiger partial charge in [-0.1, -0.05) is 161 Å². The summed E-state index contributed by atoms with van der Waals surface area (Å²) in [6.45, 7) is 7.78. The zero-order valence-electron chi connectivity index (χ0n) is 28.5. The van der Waals surface area contributed by atoms with Crippen LogP contribution in [0.1, 0.15) is 207 Å². The minimum atomic E-state index is 0.260. The van der Waals surface area contributed by atoms with Gasteiger partial charge in [0.15, 0.2) is 0 Å². The first kappa shape index (κ1) is 40.0. The first-order valence-corrected chi connectivity index (χ1v) is 18.8. The minimum Gasteiger partial charge on any atom is -0.356 e. The van der Waals surface area contributed by atoms with Gasteiger partial charge in [0.1, 0.15) is 0 Å². The second-order valence-electron chi connectivity index (χ2n) is 13.0. The third-order valence-corrected chi connectivity index (χ3v) is 8.58. The number of carbonyl (C=O) groups excluding carboxylic acids is 1. The summed E-state index contributed by atoms with van der Waals surface area (Å²) in [4.78, 5) is 12.1. The minimum absolute atomic E-state index is 0.260. The Morgan fingerprint density at radius 3 is 1.29 bits per heavy atom. The fourth-order valence-corrected chi connectivity index (χ4v) is 5.61. The number of rotatable bonds is 33. The van der Waals surface area contributed by atoms with Crippen molar-refractivity contribution in [3.8, 4) is 0 Å². The third kappa shape index (κ3) is 35.1. The van der Waals surface area contributed by atoms with E-state index in [0.717, 1.165) is 25.3 Å². The van der Waals surface area contributed by atoms with Crippen LogP contribution in [-0.2, 0) is 4.79 Å². The van der Waals surface area contributed by atoms with Crippen LogP contribution in [0.3, 0.4) is 0 Å². The molecule has 0 bridgehead atoms. The van der Waals surface area contributed by atoms with Crippen molar-refractivity contribution in [1.82, 2.24) is 5.32 Å². The number of nitrogens with one attached hydrogen (secondary N) is 1. The first-order valence-electron chi connectivity index (χ1n) is 18.8. The Kier molecular flexibility index (Phi) is 34.2. The van der Waals surface area contributed by atoms with Crippen LogP contribution in [0.2, 0.25) is 0 Å². The molecular formula is C39H75NO. The van der Waals surface area contributed by atoms with Crippen LogP contribution in [0.15, 0.2) is 24.3 Å². The average molecular weight is 574 g/mol. The van der Waals surface area contributed by atoms with Gasteiger partial charge in [0.05, 0.1) is 0 Å². The van der Waals surface area contributed by atoms with Gasteiger partial charge in [-0.15, -0.1) is 0 Å². The Bertz CT molecular complexity index is 566. The van der Waals surface area contributed by atoms with Gasteiger partial charge in [0.25, 0.3) is 0 Å². The summed E-state index contributed by atoms with van der Waals surface area (Å²) in [5.41, 5.74) is 0. The summed E-state index contributed by atoms with van der Waals surface area (Å²) in [6.07, 6.45) is 47.4. The number of hydrogen-bond acceptors (Lipinski definition) is 1. The van der Waals surface area contributed by atoms with E-state index in [-0.39, 0.29) is 5.91 Å². The molecule has 0 aliphatic heterocycles. The van der Waals surface area contributed by atoms with Gasteiger partial charge >= 0.3 is 0 Å². The van der Waals surface area contributed by atoms with Gasteiger partial charge in [-0.2, -0.15) is 0 Å². The van der Waals surface area contributed by atoms with Crippen molar-refractivity contribution in [2.45, 2.75) is 207 Å². The predicted octanol–water partition coefficient (Wildman–Crippen LogP) is 13.2. The van der Waals surface area contributed by atoms with Crippen LogP contribution in [0.5, 0.6) is 0 Å². The molecule has 1 atom stereocenters. The van der Waals surface area contributed by atoms with Gasteiger partial charge in [0.2, 0.25) is 5.91 Å². The van der Waals surface area contributed by atoms with E-state index >= 15 is 0 Å². The van der Waals surface area contributed by atoms with Gasteiger partial charge in [0, 0.05) is 13.0 Å². The van der Waals surface area contributed by atoms with E-state index in [1.54, 1.807) is 0 Å². The maximum atomic E-state index is 12.1. The van der Waals surface area contributed by atoms with E-state index < -0.39 is 0 Å². The van der Waals surface area contributed by atoms with Crippen molar-refractivity contribution in [1.29, 1.82) is 0 Å². The molecule has 2 nitrogen and oxygen atoms in total. The summed E-state index contributed by atoms with van der Waals surface area (Å²) in [7, 11) is 0. The monoisotopic (exact) mass is 574 g/mol. The highest BCUT2D eigenvalue weighted by atomic mass is 16.1. The molecule has 0 heterocycles. The molecule has 0 radical (unpaired) electrons. The summed E-state index contributed by atoms with van der Waals surface area (Å²) in [6, 6.07) is 0. The Hall–Kier alpha value is -1.05. The Labute approximate surface area is 259 Å². The highest BCUT2D eigenvalue weighted by Gasteiger charge is 2.05. The molecule has 0 rings (SSSR count). The molecule has 0 saturated heterocycles. The lowest BCUT2D eigenvalue weighted by Crippen LogP contribution is -2.25. The Morgan fingerprint density at radius 2 is 0.854 bits per heavy atom. The van der Waals surface area contributed by atoms with E-state index in [4.69, 9.17) is 0 Å². The molecule has 1 N–H and O–H groups in total. The molecule has 0 aliphatic carbocycles. The topological polar surface area (TPSA) is 29.1 Å². The van der Waals surface area contributed by atoms with Crippen LogP contribution in [-0.4, -0.2) is 12.5 Å². The lowest BCUT2D eigenvalue weighted by Gasteiger charge is -2.12. The molecule has 0 spiro atoms. The van der Waals surface area contributed by atoms with Crippen LogP contribution in [0.25, 0.3) is 0 Å². The molecule has 0 aromatic heterocycles. The maximum absolute atomic E-state index is 12.1. The molecule has 0 saturated carbocycles. The summed E-state index contributed by atoms with van der Waals surface area (Å²) >= 11 is 0. The lowest BCUT2D eigenvalue weighted by molar-refractivity contribution is -0.121. The molecule has 0 aliphatic rings. The van der Waals surface area contributed by atoms with Gasteiger partial charge in [-0.25, -0.2) is 0 Å². The maximum Gasteiger partial charge on any atom is 0.219 e. The van der Waals surface area contributed by atoms with Crippen molar-refractivity contribution >= 4 is 5.91 Å². The Balaban J connectivity index is 3.34. The molecule has 2 heteroatoms. The summed E-state index contributed by atoms with van der Waals surface area (Å²) in [5.74, 6) is 0.982. The van der Waals surface area contributed by atoms with Gasteiger partial charge < -0.3 is 5.32 Å². The molecule has 1 amide bonds. The van der Waals surface area contributed by atoms with Crippen LogP contribution >= 0.6 is 0 Å². The van der Waals surface area contributed by atoms with Crippen LogP contribution in [0, 0.1) is 5.92 Å².